The first-order valence-corrected chi connectivity index (χ1v) is 8.34. The predicted octanol–water partition coefficient (Wildman–Crippen LogP) is 3.08. The minimum atomic E-state index is -0.424. The Hall–Kier alpha value is -2.18. The Balaban J connectivity index is 2.17. The molecule has 0 aliphatic heterocycles. The predicted molar refractivity (Wildman–Crippen MR) is 96.9 cm³/mol. The standard InChI is InChI=1S/C18H20ClFN4O/c1-10-12(8-13-15(19)6-5-7-16(13)20)18(25)24-17(21-10)14(9-23(3)4)11(2)22-24/h5-7,22H,8-9H2,1-4H3. The summed E-state index contributed by atoms with van der Waals surface area (Å²) in [6, 6.07) is 4.51. The van der Waals surface area contributed by atoms with Gasteiger partial charge in [-0.05, 0) is 40.1 Å². The fourth-order valence-electron chi connectivity index (χ4n) is 2.96. The molecule has 0 bridgehead atoms. The summed E-state index contributed by atoms with van der Waals surface area (Å²) in [5.74, 6) is -0.424. The lowest BCUT2D eigenvalue weighted by Crippen LogP contribution is -2.23. The molecule has 0 amide bonds. The van der Waals surface area contributed by atoms with Gasteiger partial charge in [-0.1, -0.05) is 17.7 Å². The summed E-state index contributed by atoms with van der Waals surface area (Å²) in [4.78, 5) is 19.6. The molecule has 0 radical (unpaired) electrons. The van der Waals surface area contributed by atoms with E-state index in [1.807, 2.05) is 25.9 Å². The molecule has 0 saturated heterocycles. The summed E-state index contributed by atoms with van der Waals surface area (Å²) >= 11 is 6.11. The van der Waals surface area contributed by atoms with Gasteiger partial charge >= 0.3 is 0 Å². The largest absolute Gasteiger partial charge is 0.305 e. The zero-order valence-electron chi connectivity index (χ0n) is 14.7. The molecular weight excluding hydrogens is 343 g/mol. The van der Waals surface area contributed by atoms with Crippen molar-refractivity contribution in [3.63, 3.8) is 0 Å². The highest BCUT2D eigenvalue weighted by Gasteiger charge is 2.19. The zero-order chi connectivity index (χ0) is 18.3. The van der Waals surface area contributed by atoms with Crippen molar-refractivity contribution in [3.05, 3.63) is 67.5 Å². The van der Waals surface area contributed by atoms with Crippen molar-refractivity contribution in [1.82, 2.24) is 19.5 Å². The Morgan fingerprint density at radius 1 is 1.24 bits per heavy atom. The van der Waals surface area contributed by atoms with E-state index in [-0.39, 0.29) is 12.0 Å². The molecule has 0 aliphatic rings. The van der Waals surface area contributed by atoms with Crippen LogP contribution in [0.3, 0.4) is 0 Å². The molecular formula is C18H20ClFN4O. The average molecular weight is 363 g/mol. The molecule has 0 fully saturated rings. The first-order valence-electron chi connectivity index (χ1n) is 7.97. The van der Waals surface area contributed by atoms with Crippen LogP contribution in [0.15, 0.2) is 23.0 Å². The van der Waals surface area contributed by atoms with Gasteiger partial charge in [0.05, 0.1) is 0 Å². The fraction of sp³-hybridized carbons (Fsp3) is 0.333. The van der Waals surface area contributed by atoms with E-state index < -0.39 is 5.82 Å². The maximum Gasteiger partial charge on any atom is 0.276 e. The van der Waals surface area contributed by atoms with Crippen molar-refractivity contribution in [3.8, 4) is 0 Å². The van der Waals surface area contributed by atoms with Crippen molar-refractivity contribution in [2.24, 2.45) is 0 Å². The van der Waals surface area contributed by atoms with Gasteiger partial charge in [-0.25, -0.2) is 13.9 Å². The Morgan fingerprint density at radius 2 is 1.96 bits per heavy atom. The van der Waals surface area contributed by atoms with Gasteiger partial charge in [0.2, 0.25) is 0 Å². The molecule has 0 unspecified atom stereocenters. The number of nitrogens with zero attached hydrogens (tertiary/aromatic N) is 3. The van der Waals surface area contributed by atoms with Crippen LogP contribution in [0.25, 0.3) is 5.65 Å². The number of benzene rings is 1. The molecule has 0 atom stereocenters. The van der Waals surface area contributed by atoms with Crippen molar-refractivity contribution in [2.45, 2.75) is 26.8 Å². The van der Waals surface area contributed by atoms with Crippen LogP contribution in [-0.4, -0.2) is 33.6 Å². The maximum atomic E-state index is 14.1. The molecule has 2 aromatic heterocycles. The van der Waals surface area contributed by atoms with Crippen molar-refractivity contribution in [2.75, 3.05) is 14.1 Å². The van der Waals surface area contributed by atoms with Crippen LogP contribution in [0, 0.1) is 19.7 Å². The highest BCUT2D eigenvalue weighted by Crippen LogP contribution is 2.23. The normalized spacial score (nSPS) is 11.6. The van der Waals surface area contributed by atoms with Gasteiger partial charge in [-0.15, -0.1) is 0 Å². The monoisotopic (exact) mass is 362 g/mol. The molecule has 0 spiro atoms. The number of aromatic amines is 1. The molecule has 5 nitrogen and oxygen atoms in total. The van der Waals surface area contributed by atoms with Gasteiger partial charge < -0.3 is 4.90 Å². The molecule has 0 aliphatic carbocycles. The Labute approximate surface area is 150 Å². The number of aryl methyl sites for hydroxylation is 2. The smallest absolute Gasteiger partial charge is 0.276 e. The second-order valence-electron chi connectivity index (χ2n) is 6.47. The third kappa shape index (κ3) is 3.19. The van der Waals surface area contributed by atoms with Gasteiger partial charge in [0.1, 0.15) is 5.82 Å². The lowest BCUT2D eigenvalue weighted by molar-refractivity contribution is 0.402. The van der Waals surface area contributed by atoms with Crippen LogP contribution >= 0.6 is 11.6 Å². The molecule has 0 saturated carbocycles. The number of aromatic nitrogens is 3. The first kappa shape index (κ1) is 17.6. The van der Waals surface area contributed by atoms with E-state index in [1.165, 1.54) is 10.6 Å². The molecule has 132 valence electrons. The van der Waals surface area contributed by atoms with E-state index in [0.29, 0.717) is 34.0 Å². The number of nitrogens with one attached hydrogen (secondary N) is 1. The SMILES string of the molecule is Cc1nc2c(CN(C)C)c(C)[nH]n2c(=O)c1Cc1c(F)cccc1Cl. The van der Waals surface area contributed by atoms with Crippen LogP contribution < -0.4 is 5.56 Å². The van der Waals surface area contributed by atoms with Gasteiger partial charge in [0, 0.05) is 46.1 Å². The minimum Gasteiger partial charge on any atom is -0.305 e. The van der Waals surface area contributed by atoms with Crippen molar-refractivity contribution < 1.29 is 4.39 Å². The van der Waals surface area contributed by atoms with Gasteiger partial charge in [-0.3, -0.25) is 9.89 Å². The van der Waals surface area contributed by atoms with E-state index in [9.17, 15) is 9.18 Å². The molecule has 1 N–H and O–H groups in total. The van der Waals surface area contributed by atoms with E-state index in [4.69, 9.17) is 11.6 Å². The van der Waals surface area contributed by atoms with Crippen molar-refractivity contribution >= 4 is 17.2 Å². The van der Waals surface area contributed by atoms with E-state index in [1.54, 1.807) is 19.1 Å². The Kier molecular flexibility index (Phi) is 4.67. The van der Waals surface area contributed by atoms with Crippen LogP contribution in [0.4, 0.5) is 4.39 Å². The number of hydrogen-bond donors (Lipinski definition) is 1. The summed E-state index contributed by atoms with van der Waals surface area (Å²) < 4.78 is 15.5. The number of fused-ring (bicyclic) bond motifs is 1. The zero-order valence-corrected chi connectivity index (χ0v) is 15.4. The van der Waals surface area contributed by atoms with E-state index >= 15 is 0 Å². The van der Waals surface area contributed by atoms with E-state index in [2.05, 4.69) is 10.1 Å². The number of hydrogen-bond acceptors (Lipinski definition) is 3. The van der Waals surface area contributed by atoms with E-state index in [0.717, 1.165) is 11.3 Å². The molecule has 2 heterocycles. The van der Waals surface area contributed by atoms with Gasteiger partial charge in [0.15, 0.2) is 5.65 Å². The first-order chi connectivity index (χ1) is 11.8. The average Bonchev–Trinajstić information content (AvgIpc) is 2.82. The van der Waals surface area contributed by atoms with Gasteiger partial charge in [0.25, 0.3) is 5.56 Å². The number of H-pyrrole nitrogens is 1. The second kappa shape index (κ2) is 6.61. The van der Waals surface area contributed by atoms with Crippen LogP contribution in [-0.2, 0) is 13.0 Å². The minimum absolute atomic E-state index is 0.104. The number of halogens is 2. The summed E-state index contributed by atoms with van der Waals surface area (Å²) in [6.07, 6.45) is 0.104. The molecule has 25 heavy (non-hydrogen) atoms. The highest BCUT2D eigenvalue weighted by atomic mass is 35.5. The topological polar surface area (TPSA) is 53.4 Å². The fourth-order valence-corrected chi connectivity index (χ4v) is 3.19. The summed E-state index contributed by atoms with van der Waals surface area (Å²) in [5.41, 5.74) is 3.57. The summed E-state index contributed by atoms with van der Waals surface area (Å²) in [6.45, 7) is 4.35. The van der Waals surface area contributed by atoms with Crippen LogP contribution in [0.1, 0.15) is 28.1 Å². The quantitative estimate of drug-likeness (QED) is 0.776. The van der Waals surface area contributed by atoms with Crippen molar-refractivity contribution in [1.29, 1.82) is 0 Å². The Bertz CT molecular complexity index is 986. The highest BCUT2D eigenvalue weighted by molar-refractivity contribution is 6.31. The third-order valence-corrected chi connectivity index (χ3v) is 4.63. The lowest BCUT2D eigenvalue weighted by atomic mass is 10.0. The Morgan fingerprint density at radius 3 is 2.60 bits per heavy atom. The summed E-state index contributed by atoms with van der Waals surface area (Å²) in [7, 11) is 3.92. The van der Waals surface area contributed by atoms with Gasteiger partial charge in [-0.2, -0.15) is 0 Å². The molecule has 1 aromatic carbocycles. The molecule has 3 rings (SSSR count). The lowest BCUT2D eigenvalue weighted by Gasteiger charge is -2.10. The second-order valence-corrected chi connectivity index (χ2v) is 6.88. The number of rotatable bonds is 4. The molecule has 7 heteroatoms. The van der Waals surface area contributed by atoms with Crippen LogP contribution in [0.5, 0.6) is 0 Å². The van der Waals surface area contributed by atoms with Crippen LogP contribution in [0.2, 0.25) is 5.02 Å². The molecule has 3 aromatic rings. The maximum absolute atomic E-state index is 14.1. The third-order valence-electron chi connectivity index (χ3n) is 4.28. The summed E-state index contributed by atoms with van der Waals surface area (Å²) in [5, 5.41) is 3.38.